The Morgan fingerprint density at radius 2 is 1.96 bits per heavy atom. The number of imidazole rings is 1. The molecule has 0 radical (unpaired) electrons. The molecule has 1 amide bonds. The van der Waals surface area contributed by atoms with Gasteiger partial charge in [0.25, 0.3) is 5.91 Å². The Labute approximate surface area is 157 Å². The van der Waals surface area contributed by atoms with Gasteiger partial charge < -0.3 is 19.4 Å². The van der Waals surface area contributed by atoms with Gasteiger partial charge in [0.05, 0.1) is 25.3 Å². The first-order valence-electron chi connectivity index (χ1n) is 8.75. The maximum atomic E-state index is 12.8. The lowest BCUT2D eigenvalue weighted by Crippen LogP contribution is -2.33. The number of carbonyl (C=O) groups is 1. The monoisotopic (exact) mass is 369 g/mol. The first kappa shape index (κ1) is 18.6. The molecule has 1 aromatic carbocycles. The summed E-state index contributed by atoms with van der Waals surface area (Å²) in [5.41, 5.74) is 3.34. The number of carbonyl (C=O) groups excluding carboxylic acids is 1. The highest BCUT2D eigenvalue weighted by Gasteiger charge is 2.19. The number of rotatable bonds is 7. The number of hydrogen-bond donors (Lipinski definition) is 1. The molecule has 0 saturated heterocycles. The van der Waals surface area contributed by atoms with E-state index in [0.717, 1.165) is 16.9 Å². The van der Waals surface area contributed by atoms with E-state index >= 15 is 0 Å². The zero-order valence-electron chi connectivity index (χ0n) is 15.9. The second-order valence-electron chi connectivity index (χ2n) is 6.12. The largest absolute Gasteiger partial charge is 0.481 e. The topological polar surface area (TPSA) is 93.2 Å². The van der Waals surface area contributed by atoms with Crippen molar-refractivity contribution in [2.75, 3.05) is 27.3 Å². The van der Waals surface area contributed by atoms with Crippen LogP contribution < -0.4 is 9.47 Å². The van der Waals surface area contributed by atoms with Crippen molar-refractivity contribution in [3.05, 3.63) is 41.3 Å². The summed E-state index contributed by atoms with van der Waals surface area (Å²) in [5.74, 6) is 0.928. The fourth-order valence-corrected chi connectivity index (χ4v) is 2.81. The third-order valence-corrected chi connectivity index (χ3v) is 4.27. The molecule has 0 spiro atoms. The van der Waals surface area contributed by atoms with Gasteiger partial charge in [0.2, 0.25) is 5.88 Å². The summed E-state index contributed by atoms with van der Waals surface area (Å²) in [6, 6.07) is 7.70. The molecule has 8 nitrogen and oxygen atoms in total. The zero-order valence-corrected chi connectivity index (χ0v) is 15.9. The van der Waals surface area contributed by atoms with E-state index in [1.165, 1.54) is 25.8 Å². The average Bonchev–Trinajstić information content (AvgIpc) is 3.09. The maximum Gasteiger partial charge on any atom is 0.320 e. The van der Waals surface area contributed by atoms with Gasteiger partial charge in [0.1, 0.15) is 11.5 Å². The number of aromatic amines is 1. The molecule has 2 heterocycles. The number of methoxy groups -OCH3 is 2. The number of aromatic nitrogens is 4. The van der Waals surface area contributed by atoms with Gasteiger partial charge in [-0.2, -0.15) is 9.97 Å². The van der Waals surface area contributed by atoms with Crippen LogP contribution in [-0.2, 0) is 6.42 Å². The lowest BCUT2D eigenvalue weighted by Gasteiger charge is -2.20. The van der Waals surface area contributed by atoms with Crippen molar-refractivity contribution < 1.29 is 14.3 Å². The van der Waals surface area contributed by atoms with E-state index in [4.69, 9.17) is 9.47 Å². The number of hydrogen-bond acceptors (Lipinski definition) is 6. The van der Waals surface area contributed by atoms with Crippen molar-refractivity contribution >= 4 is 16.9 Å². The van der Waals surface area contributed by atoms with Crippen molar-refractivity contribution in [1.82, 2.24) is 24.8 Å². The number of amides is 1. The van der Waals surface area contributed by atoms with E-state index in [1.54, 1.807) is 4.90 Å². The molecule has 8 heteroatoms. The van der Waals surface area contributed by atoms with Crippen LogP contribution in [0.4, 0.5) is 0 Å². The van der Waals surface area contributed by atoms with E-state index in [0.29, 0.717) is 19.5 Å². The van der Waals surface area contributed by atoms with E-state index in [2.05, 4.69) is 26.0 Å². The van der Waals surface area contributed by atoms with Crippen LogP contribution in [0.3, 0.4) is 0 Å². The van der Waals surface area contributed by atoms with Crippen LogP contribution in [0.25, 0.3) is 11.0 Å². The molecule has 0 fully saturated rings. The molecule has 0 aliphatic rings. The first-order chi connectivity index (χ1) is 13.0. The van der Waals surface area contributed by atoms with Gasteiger partial charge in [0.15, 0.2) is 0 Å². The van der Waals surface area contributed by atoms with Gasteiger partial charge in [-0.15, -0.1) is 0 Å². The summed E-state index contributed by atoms with van der Waals surface area (Å²) < 4.78 is 10.2. The van der Waals surface area contributed by atoms with Crippen molar-refractivity contribution in [2.24, 2.45) is 0 Å². The Kier molecular flexibility index (Phi) is 5.54. The summed E-state index contributed by atoms with van der Waals surface area (Å²) in [7, 11) is 2.93. The Hall–Kier alpha value is -3.16. The van der Waals surface area contributed by atoms with Gasteiger partial charge in [-0.05, 0) is 31.5 Å². The predicted octanol–water partition coefficient (Wildman–Crippen LogP) is 2.38. The second-order valence-corrected chi connectivity index (χ2v) is 6.12. The van der Waals surface area contributed by atoms with Gasteiger partial charge in [-0.3, -0.25) is 4.79 Å². The fourth-order valence-electron chi connectivity index (χ4n) is 2.81. The minimum atomic E-state index is -0.205. The summed E-state index contributed by atoms with van der Waals surface area (Å²) in [4.78, 5) is 30.6. The lowest BCUT2D eigenvalue weighted by atomic mass is 10.2. The molecule has 0 aliphatic heterocycles. The number of aryl methyl sites for hydroxylation is 1. The molecule has 0 aliphatic carbocycles. The van der Waals surface area contributed by atoms with Crippen molar-refractivity contribution in [1.29, 1.82) is 0 Å². The number of likely N-dealkylation sites (N-methyl/N-ethyl adjacent to an activating group) is 1. The molecular formula is C19H23N5O3. The van der Waals surface area contributed by atoms with Crippen LogP contribution in [-0.4, -0.2) is 58.1 Å². The van der Waals surface area contributed by atoms with Gasteiger partial charge in [-0.25, -0.2) is 4.98 Å². The van der Waals surface area contributed by atoms with Crippen LogP contribution in [0.15, 0.2) is 24.3 Å². The molecule has 0 bridgehead atoms. The molecule has 3 aromatic rings. The fraction of sp³-hybridized carbons (Fsp3) is 0.368. The van der Waals surface area contributed by atoms with Crippen LogP contribution in [0.2, 0.25) is 0 Å². The molecule has 27 heavy (non-hydrogen) atoms. The molecule has 142 valence electrons. The molecule has 0 unspecified atom stereocenters. The van der Waals surface area contributed by atoms with Crippen molar-refractivity contribution in [2.45, 2.75) is 20.3 Å². The second kappa shape index (κ2) is 8.03. The van der Waals surface area contributed by atoms with E-state index in [1.807, 2.05) is 26.0 Å². The number of nitrogens with zero attached hydrogens (tertiary/aromatic N) is 4. The SMILES string of the molecule is CCN(CCc1nc2ccc(C)cc2[nH]1)C(=O)c1cc(OC)nc(OC)n1. The molecule has 0 atom stereocenters. The standard InChI is InChI=1S/C19H23N5O3/c1-5-24(18(25)15-11-17(26-3)23-19(22-15)27-4)9-8-16-20-13-7-6-12(2)10-14(13)21-16/h6-7,10-11H,5,8-9H2,1-4H3,(H,20,21). The predicted molar refractivity (Wildman–Crippen MR) is 101 cm³/mol. The number of nitrogens with one attached hydrogen (secondary N) is 1. The summed E-state index contributed by atoms with van der Waals surface area (Å²) in [6.45, 7) is 5.03. The number of benzene rings is 1. The molecule has 1 N–H and O–H groups in total. The van der Waals surface area contributed by atoms with Crippen LogP contribution in [0.1, 0.15) is 28.8 Å². The van der Waals surface area contributed by atoms with Gasteiger partial charge in [-0.1, -0.05) is 6.07 Å². The first-order valence-corrected chi connectivity index (χ1v) is 8.75. The summed E-state index contributed by atoms with van der Waals surface area (Å²) in [6.07, 6.45) is 0.618. The van der Waals surface area contributed by atoms with Crippen LogP contribution >= 0.6 is 0 Å². The normalized spacial score (nSPS) is 10.8. The molecule has 0 saturated carbocycles. The minimum absolute atomic E-state index is 0.0985. The van der Waals surface area contributed by atoms with Crippen molar-refractivity contribution in [3.8, 4) is 11.9 Å². The van der Waals surface area contributed by atoms with Crippen LogP contribution in [0, 0.1) is 6.92 Å². The smallest absolute Gasteiger partial charge is 0.320 e. The summed E-state index contributed by atoms with van der Waals surface area (Å²) >= 11 is 0. The highest BCUT2D eigenvalue weighted by molar-refractivity contribution is 5.92. The number of fused-ring (bicyclic) bond motifs is 1. The maximum absolute atomic E-state index is 12.8. The molecular weight excluding hydrogens is 346 g/mol. The Morgan fingerprint density at radius 1 is 1.15 bits per heavy atom. The lowest BCUT2D eigenvalue weighted by molar-refractivity contribution is 0.0757. The van der Waals surface area contributed by atoms with E-state index in [9.17, 15) is 4.79 Å². The highest BCUT2D eigenvalue weighted by Crippen LogP contribution is 2.16. The minimum Gasteiger partial charge on any atom is -0.481 e. The molecule has 2 aromatic heterocycles. The number of ether oxygens (including phenoxy) is 2. The summed E-state index contributed by atoms with van der Waals surface area (Å²) in [5, 5.41) is 0. The Bertz CT molecular complexity index is 931. The van der Waals surface area contributed by atoms with E-state index < -0.39 is 0 Å². The highest BCUT2D eigenvalue weighted by atomic mass is 16.5. The van der Waals surface area contributed by atoms with Crippen molar-refractivity contribution in [3.63, 3.8) is 0 Å². The number of H-pyrrole nitrogens is 1. The molecule has 3 rings (SSSR count). The third-order valence-electron chi connectivity index (χ3n) is 4.27. The van der Waals surface area contributed by atoms with Crippen LogP contribution in [0.5, 0.6) is 11.9 Å². The van der Waals surface area contributed by atoms with E-state index in [-0.39, 0.29) is 23.5 Å². The van der Waals surface area contributed by atoms with Gasteiger partial charge in [0, 0.05) is 25.6 Å². The Morgan fingerprint density at radius 3 is 2.67 bits per heavy atom. The zero-order chi connectivity index (χ0) is 19.4. The third kappa shape index (κ3) is 4.16. The Balaban J connectivity index is 1.75. The quantitative estimate of drug-likeness (QED) is 0.687. The average molecular weight is 369 g/mol. The van der Waals surface area contributed by atoms with Gasteiger partial charge >= 0.3 is 6.01 Å².